The first-order valence-electron chi connectivity index (χ1n) is 4.59. The molecule has 3 heteroatoms. The van der Waals surface area contributed by atoms with E-state index in [1.807, 2.05) is 0 Å². The van der Waals surface area contributed by atoms with E-state index < -0.39 is 0 Å². The Bertz CT molecular complexity index is 193. The third-order valence-corrected chi connectivity index (χ3v) is 3.73. The van der Waals surface area contributed by atoms with E-state index in [9.17, 15) is 4.79 Å². The van der Waals surface area contributed by atoms with Gasteiger partial charge in [-0.05, 0) is 44.3 Å². The Labute approximate surface area is 77.9 Å². The molecule has 0 aliphatic carbocycles. The number of nitrogens with zero attached hydrogens (tertiary/aromatic N) is 1. The van der Waals surface area contributed by atoms with Gasteiger partial charge in [-0.2, -0.15) is 0 Å². The molecule has 68 valence electrons. The van der Waals surface area contributed by atoms with Crippen LogP contribution in [0.2, 0.25) is 0 Å². The predicted octanol–water partition coefficient (Wildman–Crippen LogP) is 1.62. The van der Waals surface area contributed by atoms with Gasteiger partial charge < -0.3 is 4.90 Å². The SMILES string of the molecule is CN1[C@@H]2CC[C@H]1CC(C(=O)Cl)C2. The molecule has 0 amide bonds. The van der Waals surface area contributed by atoms with Gasteiger partial charge in [0.05, 0.1) is 0 Å². The van der Waals surface area contributed by atoms with Gasteiger partial charge >= 0.3 is 0 Å². The third kappa shape index (κ3) is 1.27. The summed E-state index contributed by atoms with van der Waals surface area (Å²) < 4.78 is 0. The molecule has 2 aliphatic heterocycles. The molecule has 2 saturated heterocycles. The van der Waals surface area contributed by atoms with Crippen LogP contribution in [0.1, 0.15) is 25.7 Å². The number of halogens is 1. The largest absolute Gasteiger partial charge is 0.300 e. The van der Waals surface area contributed by atoms with Crippen LogP contribution in [-0.2, 0) is 4.79 Å². The van der Waals surface area contributed by atoms with Crippen LogP contribution in [0.25, 0.3) is 0 Å². The standard InChI is InChI=1S/C9H14ClNO/c1-11-7-2-3-8(11)5-6(4-7)9(10)12/h6-8H,2-5H2,1H3/t6?,7-,8+. The maximum Gasteiger partial charge on any atom is 0.224 e. The first kappa shape index (κ1) is 8.52. The molecule has 1 unspecified atom stereocenters. The highest BCUT2D eigenvalue weighted by Gasteiger charge is 2.40. The molecule has 0 aromatic carbocycles. The number of hydrogen-bond donors (Lipinski definition) is 0. The Morgan fingerprint density at radius 2 is 1.83 bits per heavy atom. The van der Waals surface area contributed by atoms with Crippen molar-refractivity contribution in [3.05, 3.63) is 0 Å². The maximum atomic E-state index is 11.0. The lowest BCUT2D eigenvalue weighted by molar-refractivity contribution is -0.117. The molecule has 12 heavy (non-hydrogen) atoms. The lowest BCUT2D eigenvalue weighted by Gasteiger charge is -2.34. The van der Waals surface area contributed by atoms with Gasteiger partial charge in [0, 0.05) is 18.0 Å². The molecule has 2 nitrogen and oxygen atoms in total. The van der Waals surface area contributed by atoms with Crippen molar-refractivity contribution in [1.82, 2.24) is 4.90 Å². The van der Waals surface area contributed by atoms with Crippen molar-refractivity contribution in [2.24, 2.45) is 5.92 Å². The lowest BCUT2D eigenvalue weighted by atomic mass is 9.92. The van der Waals surface area contributed by atoms with Crippen molar-refractivity contribution in [2.75, 3.05) is 7.05 Å². The van der Waals surface area contributed by atoms with E-state index in [2.05, 4.69) is 11.9 Å². The topological polar surface area (TPSA) is 20.3 Å². The van der Waals surface area contributed by atoms with Crippen molar-refractivity contribution in [3.8, 4) is 0 Å². The van der Waals surface area contributed by atoms with E-state index >= 15 is 0 Å². The molecular formula is C9H14ClNO. The molecular weight excluding hydrogens is 174 g/mol. The summed E-state index contributed by atoms with van der Waals surface area (Å²) in [7, 11) is 2.16. The second kappa shape index (κ2) is 3.00. The normalized spacial score (nSPS) is 41.7. The highest BCUT2D eigenvalue weighted by molar-refractivity contribution is 6.64. The Balaban J connectivity index is 2.07. The Morgan fingerprint density at radius 1 is 1.33 bits per heavy atom. The maximum absolute atomic E-state index is 11.0. The summed E-state index contributed by atoms with van der Waals surface area (Å²) in [5.74, 6) is 0.139. The van der Waals surface area contributed by atoms with Crippen LogP contribution in [0.4, 0.5) is 0 Å². The van der Waals surface area contributed by atoms with Crippen molar-refractivity contribution >= 4 is 16.8 Å². The first-order valence-corrected chi connectivity index (χ1v) is 4.97. The number of rotatable bonds is 1. The molecule has 2 fully saturated rings. The van der Waals surface area contributed by atoms with Gasteiger partial charge in [0.2, 0.25) is 5.24 Å². The minimum absolute atomic E-state index is 0.125. The summed E-state index contributed by atoms with van der Waals surface area (Å²) >= 11 is 5.51. The number of carbonyl (C=O) groups excluding carboxylic acids is 1. The smallest absolute Gasteiger partial charge is 0.224 e. The zero-order chi connectivity index (χ0) is 8.72. The summed E-state index contributed by atoms with van der Waals surface area (Å²) in [6.07, 6.45) is 4.47. The lowest BCUT2D eigenvalue weighted by Crippen LogP contribution is -2.41. The summed E-state index contributed by atoms with van der Waals surface area (Å²) in [5.41, 5.74) is 0. The van der Waals surface area contributed by atoms with Crippen molar-refractivity contribution in [1.29, 1.82) is 0 Å². The van der Waals surface area contributed by atoms with E-state index in [-0.39, 0.29) is 11.2 Å². The number of carbonyl (C=O) groups is 1. The van der Waals surface area contributed by atoms with E-state index in [0.29, 0.717) is 12.1 Å². The van der Waals surface area contributed by atoms with Gasteiger partial charge in [-0.15, -0.1) is 0 Å². The van der Waals surface area contributed by atoms with Gasteiger partial charge in [-0.1, -0.05) is 0 Å². The first-order chi connectivity index (χ1) is 5.68. The van der Waals surface area contributed by atoms with E-state index in [4.69, 9.17) is 11.6 Å². The number of piperidine rings is 1. The van der Waals surface area contributed by atoms with Gasteiger partial charge in [0.1, 0.15) is 0 Å². The van der Waals surface area contributed by atoms with Crippen molar-refractivity contribution in [3.63, 3.8) is 0 Å². The fourth-order valence-electron chi connectivity index (χ4n) is 2.60. The molecule has 2 heterocycles. The van der Waals surface area contributed by atoms with Crippen LogP contribution in [0.5, 0.6) is 0 Å². The molecule has 3 atom stereocenters. The van der Waals surface area contributed by atoms with Crippen LogP contribution in [0, 0.1) is 5.92 Å². The Hall–Kier alpha value is -0.0800. The fraction of sp³-hybridized carbons (Fsp3) is 0.889. The average Bonchev–Trinajstić information content (AvgIpc) is 2.30. The zero-order valence-electron chi connectivity index (χ0n) is 7.29. The molecule has 2 aliphatic rings. The molecule has 2 rings (SSSR count). The summed E-state index contributed by atoms with van der Waals surface area (Å²) in [6.45, 7) is 0. The highest BCUT2D eigenvalue weighted by Crippen LogP contribution is 2.37. The molecule has 0 spiro atoms. The second-order valence-corrected chi connectivity index (χ2v) is 4.40. The predicted molar refractivity (Wildman–Crippen MR) is 48.2 cm³/mol. The molecule has 0 N–H and O–H groups in total. The highest BCUT2D eigenvalue weighted by atomic mass is 35.5. The van der Waals surface area contributed by atoms with Gasteiger partial charge in [-0.3, -0.25) is 4.79 Å². The molecule has 0 radical (unpaired) electrons. The van der Waals surface area contributed by atoms with Crippen LogP contribution in [0.3, 0.4) is 0 Å². The van der Waals surface area contributed by atoms with Gasteiger partial charge in [0.25, 0.3) is 0 Å². The molecule has 0 aromatic rings. The van der Waals surface area contributed by atoms with Crippen molar-refractivity contribution < 1.29 is 4.79 Å². The Kier molecular flexibility index (Phi) is 2.13. The van der Waals surface area contributed by atoms with Crippen LogP contribution in [-0.4, -0.2) is 29.3 Å². The minimum atomic E-state index is -0.125. The van der Waals surface area contributed by atoms with E-state index in [1.165, 1.54) is 12.8 Å². The van der Waals surface area contributed by atoms with Crippen LogP contribution in [0.15, 0.2) is 0 Å². The molecule has 2 bridgehead atoms. The zero-order valence-corrected chi connectivity index (χ0v) is 8.05. The van der Waals surface area contributed by atoms with Gasteiger partial charge in [0.15, 0.2) is 0 Å². The molecule has 0 aromatic heterocycles. The quantitative estimate of drug-likeness (QED) is 0.582. The average molecular weight is 188 g/mol. The Morgan fingerprint density at radius 3 is 2.25 bits per heavy atom. The summed E-state index contributed by atoms with van der Waals surface area (Å²) in [4.78, 5) is 13.4. The van der Waals surface area contributed by atoms with Crippen LogP contribution < -0.4 is 0 Å². The molecule has 0 saturated carbocycles. The minimum Gasteiger partial charge on any atom is -0.300 e. The number of hydrogen-bond acceptors (Lipinski definition) is 2. The number of fused-ring (bicyclic) bond motifs is 2. The summed E-state index contributed by atoms with van der Waals surface area (Å²) in [6, 6.07) is 1.24. The van der Waals surface area contributed by atoms with Gasteiger partial charge in [-0.25, -0.2) is 0 Å². The third-order valence-electron chi connectivity index (χ3n) is 3.42. The fourth-order valence-corrected chi connectivity index (χ4v) is 2.77. The van der Waals surface area contributed by atoms with Crippen molar-refractivity contribution in [2.45, 2.75) is 37.8 Å². The van der Waals surface area contributed by atoms with E-state index in [1.54, 1.807) is 0 Å². The second-order valence-electron chi connectivity index (χ2n) is 4.02. The van der Waals surface area contributed by atoms with Crippen LogP contribution >= 0.6 is 11.6 Å². The monoisotopic (exact) mass is 187 g/mol. The summed E-state index contributed by atoms with van der Waals surface area (Å²) in [5, 5.41) is -0.125. The van der Waals surface area contributed by atoms with E-state index in [0.717, 1.165) is 12.8 Å².